The molecule has 0 radical (unpaired) electrons. The first-order chi connectivity index (χ1) is 8.58. The minimum atomic E-state index is -0.338. The maximum absolute atomic E-state index is 11.9. The van der Waals surface area contributed by atoms with Crippen molar-refractivity contribution in [3.63, 3.8) is 0 Å². The van der Waals surface area contributed by atoms with E-state index in [0.717, 1.165) is 0 Å². The molecule has 1 amide bonds. The van der Waals surface area contributed by atoms with Crippen LogP contribution < -0.4 is 11.1 Å². The largest absolute Gasteiger partial charge is 0.508 e. The van der Waals surface area contributed by atoms with Gasteiger partial charge in [-0.05, 0) is 36.4 Å². The van der Waals surface area contributed by atoms with Crippen molar-refractivity contribution in [1.82, 2.24) is 0 Å². The highest BCUT2D eigenvalue weighted by Crippen LogP contribution is 2.28. The molecular weight excluding hydrogens is 252 g/mol. The maximum atomic E-state index is 11.9. The fourth-order valence-electron chi connectivity index (χ4n) is 1.47. The lowest BCUT2D eigenvalue weighted by molar-refractivity contribution is 0.102. The fourth-order valence-corrected chi connectivity index (χ4v) is 1.70. The van der Waals surface area contributed by atoms with Gasteiger partial charge in [0.25, 0.3) is 5.91 Å². The number of halogens is 1. The number of carbonyl (C=O) groups is 1. The zero-order valence-electron chi connectivity index (χ0n) is 9.35. The van der Waals surface area contributed by atoms with E-state index in [2.05, 4.69) is 5.32 Å². The first-order valence-corrected chi connectivity index (χ1v) is 5.60. The maximum Gasteiger partial charge on any atom is 0.255 e. The Labute approximate surface area is 109 Å². The number of carbonyl (C=O) groups excluding carboxylic acids is 1. The number of nitrogens with one attached hydrogen (secondary N) is 1. The summed E-state index contributed by atoms with van der Waals surface area (Å²) in [7, 11) is 0. The predicted octanol–water partition coefficient (Wildman–Crippen LogP) is 2.88. The number of rotatable bonds is 2. The van der Waals surface area contributed by atoms with Crippen LogP contribution >= 0.6 is 11.6 Å². The molecule has 0 heterocycles. The van der Waals surface area contributed by atoms with E-state index >= 15 is 0 Å². The van der Waals surface area contributed by atoms with Crippen molar-refractivity contribution in [2.45, 2.75) is 0 Å². The lowest BCUT2D eigenvalue weighted by Crippen LogP contribution is -2.13. The van der Waals surface area contributed by atoms with E-state index in [9.17, 15) is 4.79 Å². The molecule has 92 valence electrons. The summed E-state index contributed by atoms with van der Waals surface area (Å²) in [4.78, 5) is 11.9. The number of amides is 1. The fraction of sp³-hybridized carbons (Fsp3) is 0. The summed E-state index contributed by atoms with van der Waals surface area (Å²) in [5.74, 6) is -0.237. The summed E-state index contributed by atoms with van der Waals surface area (Å²) in [5.41, 5.74) is 6.93. The zero-order chi connectivity index (χ0) is 13.1. The van der Waals surface area contributed by atoms with Gasteiger partial charge >= 0.3 is 0 Å². The number of nitrogen functional groups attached to an aromatic ring is 1. The first-order valence-electron chi connectivity index (χ1n) is 5.22. The van der Waals surface area contributed by atoms with Crippen molar-refractivity contribution in [2.75, 3.05) is 11.1 Å². The van der Waals surface area contributed by atoms with Gasteiger partial charge < -0.3 is 16.2 Å². The number of hydrogen-bond acceptors (Lipinski definition) is 3. The predicted molar refractivity (Wildman–Crippen MR) is 71.9 cm³/mol. The normalized spacial score (nSPS) is 10.1. The Morgan fingerprint density at radius 1 is 1.17 bits per heavy atom. The molecule has 0 spiro atoms. The molecule has 0 bridgehead atoms. The molecule has 2 rings (SSSR count). The third-order valence-electron chi connectivity index (χ3n) is 2.41. The van der Waals surface area contributed by atoms with Crippen LogP contribution in [0.2, 0.25) is 5.02 Å². The minimum Gasteiger partial charge on any atom is -0.508 e. The number of hydrogen-bond donors (Lipinski definition) is 3. The van der Waals surface area contributed by atoms with Crippen LogP contribution in [-0.2, 0) is 0 Å². The van der Waals surface area contributed by atoms with E-state index in [-0.39, 0.29) is 11.7 Å². The van der Waals surface area contributed by atoms with E-state index in [1.54, 1.807) is 18.2 Å². The molecule has 18 heavy (non-hydrogen) atoms. The van der Waals surface area contributed by atoms with E-state index < -0.39 is 0 Å². The van der Waals surface area contributed by atoms with Gasteiger partial charge in [-0.2, -0.15) is 0 Å². The minimum absolute atomic E-state index is 0.101. The number of para-hydroxylation sites is 1. The van der Waals surface area contributed by atoms with Crippen molar-refractivity contribution >= 4 is 28.9 Å². The molecular formula is C13H11ClN2O2. The number of aromatic hydroxyl groups is 1. The van der Waals surface area contributed by atoms with Crippen LogP contribution in [0.3, 0.4) is 0 Å². The van der Waals surface area contributed by atoms with Gasteiger partial charge in [0.2, 0.25) is 0 Å². The van der Waals surface area contributed by atoms with E-state index in [1.807, 2.05) is 0 Å². The number of anilines is 2. The lowest BCUT2D eigenvalue weighted by atomic mass is 10.2. The Hall–Kier alpha value is -2.20. The SMILES string of the molecule is Nc1cccc(Cl)c1NC(=O)c1ccc(O)cc1. The second-order valence-electron chi connectivity index (χ2n) is 3.71. The van der Waals surface area contributed by atoms with Crippen molar-refractivity contribution in [2.24, 2.45) is 0 Å². The summed E-state index contributed by atoms with van der Waals surface area (Å²) in [6, 6.07) is 10.9. The summed E-state index contributed by atoms with van der Waals surface area (Å²) >= 11 is 5.95. The standard InChI is InChI=1S/C13H11ClN2O2/c14-10-2-1-3-11(15)12(10)16-13(18)8-4-6-9(17)7-5-8/h1-7,17H,15H2,(H,16,18). The first kappa shape index (κ1) is 12.3. The summed E-state index contributed by atoms with van der Waals surface area (Å²) in [6.45, 7) is 0. The van der Waals surface area contributed by atoms with Crippen LogP contribution in [0.25, 0.3) is 0 Å². The van der Waals surface area contributed by atoms with E-state index in [1.165, 1.54) is 24.3 Å². The molecule has 0 fully saturated rings. The molecule has 4 nitrogen and oxygen atoms in total. The monoisotopic (exact) mass is 262 g/mol. The molecule has 0 aliphatic rings. The van der Waals surface area contributed by atoms with Gasteiger partial charge in [0.1, 0.15) is 5.75 Å². The highest BCUT2D eigenvalue weighted by atomic mass is 35.5. The van der Waals surface area contributed by atoms with E-state index in [4.69, 9.17) is 22.4 Å². The highest BCUT2D eigenvalue weighted by Gasteiger charge is 2.10. The Bertz CT molecular complexity index is 562. The van der Waals surface area contributed by atoms with Gasteiger partial charge in [-0.15, -0.1) is 0 Å². The Kier molecular flexibility index (Phi) is 3.39. The average Bonchev–Trinajstić information content (AvgIpc) is 2.34. The van der Waals surface area contributed by atoms with Crippen molar-refractivity contribution in [3.8, 4) is 5.75 Å². The van der Waals surface area contributed by atoms with Crippen molar-refractivity contribution in [3.05, 3.63) is 53.1 Å². The molecule has 0 saturated carbocycles. The molecule has 4 N–H and O–H groups in total. The Balaban J connectivity index is 2.24. The van der Waals surface area contributed by atoms with Gasteiger partial charge in [-0.25, -0.2) is 0 Å². The number of nitrogens with two attached hydrogens (primary N) is 1. The van der Waals surface area contributed by atoms with Gasteiger partial charge in [-0.1, -0.05) is 17.7 Å². The third kappa shape index (κ3) is 2.55. The van der Waals surface area contributed by atoms with Crippen LogP contribution in [-0.4, -0.2) is 11.0 Å². The average molecular weight is 263 g/mol. The number of benzene rings is 2. The topological polar surface area (TPSA) is 75.3 Å². The Morgan fingerprint density at radius 3 is 2.44 bits per heavy atom. The van der Waals surface area contributed by atoms with Crippen molar-refractivity contribution in [1.29, 1.82) is 0 Å². The van der Waals surface area contributed by atoms with Crippen LogP contribution in [0, 0.1) is 0 Å². The van der Waals surface area contributed by atoms with Crippen LogP contribution in [0.5, 0.6) is 5.75 Å². The molecule has 0 atom stereocenters. The molecule has 0 aromatic heterocycles. The lowest BCUT2D eigenvalue weighted by Gasteiger charge is -2.09. The van der Waals surface area contributed by atoms with Crippen LogP contribution in [0.15, 0.2) is 42.5 Å². The highest BCUT2D eigenvalue weighted by molar-refractivity contribution is 6.34. The zero-order valence-corrected chi connectivity index (χ0v) is 10.1. The van der Waals surface area contributed by atoms with E-state index in [0.29, 0.717) is 22.0 Å². The summed E-state index contributed by atoms with van der Waals surface area (Å²) in [6.07, 6.45) is 0. The van der Waals surface area contributed by atoms with Gasteiger partial charge in [-0.3, -0.25) is 4.79 Å². The number of phenolic OH excluding ortho intramolecular Hbond substituents is 1. The second-order valence-corrected chi connectivity index (χ2v) is 4.11. The van der Waals surface area contributed by atoms with Gasteiger partial charge in [0.05, 0.1) is 16.4 Å². The molecule has 0 aliphatic heterocycles. The molecule has 0 unspecified atom stereocenters. The van der Waals surface area contributed by atoms with Gasteiger partial charge in [0, 0.05) is 5.56 Å². The van der Waals surface area contributed by atoms with Crippen molar-refractivity contribution < 1.29 is 9.90 Å². The molecule has 0 aliphatic carbocycles. The van der Waals surface area contributed by atoms with Gasteiger partial charge in [0.15, 0.2) is 0 Å². The number of phenols is 1. The molecule has 0 saturated heterocycles. The van der Waals surface area contributed by atoms with Crippen LogP contribution in [0.4, 0.5) is 11.4 Å². The molecule has 2 aromatic carbocycles. The van der Waals surface area contributed by atoms with Crippen LogP contribution in [0.1, 0.15) is 10.4 Å². The summed E-state index contributed by atoms with van der Waals surface area (Å²) < 4.78 is 0. The molecule has 5 heteroatoms. The second kappa shape index (κ2) is 4.98. The Morgan fingerprint density at radius 2 is 1.83 bits per heavy atom. The molecule has 2 aromatic rings. The smallest absolute Gasteiger partial charge is 0.255 e. The summed E-state index contributed by atoms with van der Waals surface area (Å²) in [5, 5.41) is 12.2. The third-order valence-corrected chi connectivity index (χ3v) is 2.73. The quantitative estimate of drug-likeness (QED) is 0.729.